The molecule has 0 saturated carbocycles. The highest BCUT2D eigenvalue weighted by Crippen LogP contribution is 2.38. The number of carbonyl (C=O) groups is 1. The molecule has 17 heavy (non-hydrogen) atoms. The summed E-state index contributed by atoms with van der Waals surface area (Å²) in [5, 5.41) is 0.413. The molecule has 2 atom stereocenters. The minimum Gasteiger partial charge on any atom is -0.365 e. The molecule has 2 bridgehead atoms. The van der Waals surface area contributed by atoms with Crippen LogP contribution in [0.1, 0.15) is 25.7 Å². The molecule has 0 radical (unpaired) electrons. The van der Waals surface area contributed by atoms with Gasteiger partial charge in [-0.05, 0) is 31.0 Å². The van der Waals surface area contributed by atoms with E-state index in [0.717, 1.165) is 18.5 Å². The van der Waals surface area contributed by atoms with Crippen LogP contribution in [0.3, 0.4) is 0 Å². The molecule has 3 rings (SSSR count). The third-order valence-corrected chi connectivity index (χ3v) is 3.91. The average molecular weight is 254 g/mol. The van der Waals surface area contributed by atoms with Crippen LogP contribution in [-0.2, 0) is 4.79 Å². The summed E-state index contributed by atoms with van der Waals surface area (Å²) in [6.07, 6.45) is 3.21. The Hall–Kier alpha value is -1.09. The molecule has 2 nitrogen and oxygen atoms in total. The van der Waals surface area contributed by atoms with Crippen LogP contribution < -0.4 is 4.90 Å². The van der Waals surface area contributed by atoms with Crippen LogP contribution in [0.5, 0.6) is 0 Å². The van der Waals surface area contributed by atoms with Gasteiger partial charge in [-0.25, -0.2) is 4.39 Å². The molecule has 2 fully saturated rings. The predicted octanol–water partition coefficient (Wildman–Crippen LogP) is 3.18. The number of hydrogen-bond acceptors (Lipinski definition) is 2. The minimum absolute atomic E-state index is 0.235. The number of fused-ring (bicyclic) bond motifs is 2. The molecular weight excluding hydrogens is 241 g/mol. The second kappa shape index (κ2) is 3.98. The van der Waals surface area contributed by atoms with Crippen LogP contribution >= 0.6 is 11.6 Å². The lowest BCUT2D eigenvalue weighted by atomic mass is 10.0. The van der Waals surface area contributed by atoms with Crippen molar-refractivity contribution in [3.05, 3.63) is 29.0 Å². The van der Waals surface area contributed by atoms with Gasteiger partial charge in [0.25, 0.3) is 0 Å². The normalized spacial score (nSPS) is 27.6. The van der Waals surface area contributed by atoms with E-state index in [0.29, 0.717) is 23.6 Å². The van der Waals surface area contributed by atoms with E-state index < -0.39 is 0 Å². The maximum Gasteiger partial charge on any atom is 0.137 e. The molecule has 0 aliphatic carbocycles. The van der Waals surface area contributed by atoms with E-state index in [-0.39, 0.29) is 17.9 Å². The van der Waals surface area contributed by atoms with Gasteiger partial charge in [-0.3, -0.25) is 4.79 Å². The Bertz CT molecular complexity index is 440. The van der Waals surface area contributed by atoms with Crippen LogP contribution in [0.25, 0.3) is 0 Å². The van der Waals surface area contributed by atoms with Gasteiger partial charge >= 0.3 is 0 Å². The van der Waals surface area contributed by atoms with Crippen LogP contribution in [0, 0.1) is 5.82 Å². The number of ketones is 1. The summed E-state index contributed by atoms with van der Waals surface area (Å²) in [7, 11) is 0. The number of hydrogen-bond donors (Lipinski definition) is 0. The molecule has 0 spiro atoms. The Labute approximate surface area is 104 Å². The number of carbonyl (C=O) groups excluding carboxylic acids is 1. The molecule has 2 heterocycles. The molecule has 0 aromatic heterocycles. The van der Waals surface area contributed by atoms with Crippen molar-refractivity contribution in [2.24, 2.45) is 0 Å². The highest BCUT2D eigenvalue weighted by molar-refractivity contribution is 6.30. The molecule has 2 aliphatic heterocycles. The number of anilines is 1. The van der Waals surface area contributed by atoms with Gasteiger partial charge in [-0.1, -0.05) is 11.6 Å². The fourth-order valence-electron chi connectivity index (χ4n) is 3.08. The molecule has 2 unspecified atom stereocenters. The maximum absolute atomic E-state index is 13.4. The van der Waals surface area contributed by atoms with Gasteiger partial charge in [0.1, 0.15) is 11.6 Å². The third-order valence-electron chi connectivity index (χ3n) is 3.69. The van der Waals surface area contributed by atoms with Crippen LogP contribution in [-0.4, -0.2) is 17.9 Å². The second-order valence-electron chi connectivity index (χ2n) is 4.87. The molecule has 1 aromatic rings. The highest BCUT2D eigenvalue weighted by Gasteiger charge is 2.40. The quantitative estimate of drug-likeness (QED) is 0.766. The highest BCUT2D eigenvalue weighted by atomic mass is 35.5. The predicted molar refractivity (Wildman–Crippen MR) is 64.9 cm³/mol. The lowest BCUT2D eigenvalue weighted by Gasteiger charge is -2.36. The summed E-state index contributed by atoms with van der Waals surface area (Å²) < 4.78 is 13.4. The van der Waals surface area contributed by atoms with E-state index in [2.05, 4.69) is 4.90 Å². The van der Waals surface area contributed by atoms with Gasteiger partial charge in [0.2, 0.25) is 0 Å². The second-order valence-corrected chi connectivity index (χ2v) is 5.30. The van der Waals surface area contributed by atoms with Gasteiger partial charge < -0.3 is 4.90 Å². The zero-order valence-corrected chi connectivity index (χ0v) is 10.1. The standard InChI is InChI=1S/C13H13ClFNO/c14-8-3-9(15)5-12(4-8)16-10-1-2-11(16)7-13(17)6-10/h3-5,10-11H,1-2,6-7H2. The Balaban J connectivity index is 1.97. The van der Waals surface area contributed by atoms with Crippen molar-refractivity contribution in [3.63, 3.8) is 0 Å². The van der Waals surface area contributed by atoms with Crippen molar-refractivity contribution in [2.75, 3.05) is 4.90 Å². The number of benzene rings is 1. The van der Waals surface area contributed by atoms with E-state index in [1.807, 2.05) is 0 Å². The molecule has 2 aliphatic rings. The van der Waals surface area contributed by atoms with E-state index in [9.17, 15) is 9.18 Å². The SMILES string of the molecule is O=C1CC2CCC(C1)N2c1cc(F)cc(Cl)c1. The van der Waals surface area contributed by atoms with Crippen molar-refractivity contribution >= 4 is 23.1 Å². The monoisotopic (exact) mass is 253 g/mol. The zero-order valence-electron chi connectivity index (χ0n) is 9.33. The fourth-order valence-corrected chi connectivity index (χ4v) is 3.30. The van der Waals surface area contributed by atoms with Gasteiger partial charge in [0.05, 0.1) is 0 Å². The van der Waals surface area contributed by atoms with Crippen molar-refractivity contribution in [1.82, 2.24) is 0 Å². The first kappa shape index (κ1) is 11.0. The Morgan fingerprint density at radius 1 is 1.18 bits per heavy atom. The lowest BCUT2D eigenvalue weighted by Crippen LogP contribution is -2.43. The molecule has 2 saturated heterocycles. The van der Waals surface area contributed by atoms with Crippen LogP contribution in [0.4, 0.5) is 10.1 Å². The summed E-state index contributed by atoms with van der Waals surface area (Å²) in [6, 6.07) is 5.07. The van der Waals surface area contributed by atoms with E-state index >= 15 is 0 Å². The number of rotatable bonds is 1. The lowest BCUT2D eigenvalue weighted by molar-refractivity contribution is -0.120. The summed E-state index contributed by atoms with van der Waals surface area (Å²) in [4.78, 5) is 13.7. The zero-order chi connectivity index (χ0) is 12.0. The van der Waals surface area contributed by atoms with Gasteiger partial charge in [0, 0.05) is 35.6 Å². The van der Waals surface area contributed by atoms with Gasteiger partial charge in [0.15, 0.2) is 0 Å². The Morgan fingerprint density at radius 2 is 1.82 bits per heavy atom. The van der Waals surface area contributed by atoms with E-state index in [1.165, 1.54) is 12.1 Å². The smallest absolute Gasteiger partial charge is 0.137 e. The van der Waals surface area contributed by atoms with Crippen LogP contribution in [0.15, 0.2) is 18.2 Å². The number of Topliss-reactive ketones (excluding diaryl/α,β-unsaturated/α-hetero) is 1. The molecule has 1 aromatic carbocycles. The summed E-state index contributed by atoms with van der Waals surface area (Å²) >= 11 is 5.88. The van der Waals surface area contributed by atoms with Crippen molar-refractivity contribution in [2.45, 2.75) is 37.8 Å². The topological polar surface area (TPSA) is 20.3 Å². The Kier molecular flexibility index (Phi) is 2.58. The molecule has 4 heteroatoms. The third kappa shape index (κ3) is 1.93. The molecular formula is C13H13ClFNO. The van der Waals surface area contributed by atoms with Crippen LogP contribution in [0.2, 0.25) is 5.02 Å². The fraction of sp³-hybridized carbons (Fsp3) is 0.462. The first-order valence-electron chi connectivity index (χ1n) is 5.89. The summed E-state index contributed by atoms with van der Waals surface area (Å²) in [6.45, 7) is 0. The average Bonchev–Trinajstić information content (AvgIpc) is 2.50. The van der Waals surface area contributed by atoms with E-state index in [1.54, 1.807) is 6.07 Å². The maximum atomic E-state index is 13.4. The summed E-state index contributed by atoms with van der Waals surface area (Å²) in [5.74, 6) is 0.0139. The van der Waals surface area contributed by atoms with Gasteiger partial charge in [-0.2, -0.15) is 0 Å². The molecule has 90 valence electrons. The number of piperidine rings is 1. The Morgan fingerprint density at radius 3 is 2.41 bits per heavy atom. The molecule has 0 N–H and O–H groups in total. The van der Waals surface area contributed by atoms with Crippen molar-refractivity contribution < 1.29 is 9.18 Å². The molecule has 0 amide bonds. The first-order chi connectivity index (χ1) is 8.13. The number of halogens is 2. The van der Waals surface area contributed by atoms with Gasteiger partial charge in [-0.15, -0.1) is 0 Å². The number of nitrogens with zero attached hydrogens (tertiary/aromatic N) is 1. The van der Waals surface area contributed by atoms with Crippen molar-refractivity contribution in [3.8, 4) is 0 Å². The van der Waals surface area contributed by atoms with Crippen molar-refractivity contribution in [1.29, 1.82) is 0 Å². The summed E-state index contributed by atoms with van der Waals surface area (Å²) in [5.41, 5.74) is 0.815. The first-order valence-corrected chi connectivity index (χ1v) is 6.27. The van der Waals surface area contributed by atoms with E-state index in [4.69, 9.17) is 11.6 Å². The minimum atomic E-state index is -0.316. The largest absolute Gasteiger partial charge is 0.365 e.